The van der Waals surface area contributed by atoms with Crippen LogP contribution in [0.4, 0.5) is 29.1 Å². The summed E-state index contributed by atoms with van der Waals surface area (Å²) in [6.07, 6.45) is 0.306. The van der Waals surface area contributed by atoms with Gasteiger partial charge in [0.2, 0.25) is 0 Å². The number of amides is 1. The molecule has 9 heteroatoms. The monoisotopic (exact) mass is 390 g/mol. The quantitative estimate of drug-likeness (QED) is 0.497. The zero-order valence-electron chi connectivity index (χ0n) is 14.3. The Morgan fingerprint density at radius 2 is 1.64 bits per heavy atom. The van der Waals surface area contributed by atoms with E-state index in [1.54, 1.807) is 18.2 Å². The van der Waals surface area contributed by atoms with Gasteiger partial charge in [0, 0.05) is 6.54 Å². The summed E-state index contributed by atoms with van der Waals surface area (Å²) in [5, 5.41) is 12.4. The molecule has 0 saturated heterocycles. The van der Waals surface area contributed by atoms with Gasteiger partial charge in [-0.25, -0.2) is 17.6 Å². The second-order valence-electron chi connectivity index (χ2n) is 5.75. The van der Waals surface area contributed by atoms with Crippen LogP contribution in [0.2, 0.25) is 0 Å². The first-order chi connectivity index (χ1) is 13.5. The van der Waals surface area contributed by atoms with Gasteiger partial charge in [-0.15, -0.1) is 10.2 Å². The van der Waals surface area contributed by atoms with Crippen LogP contribution in [0.25, 0.3) is 0 Å². The number of benzene rings is 2. The predicted molar refractivity (Wildman–Crippen MR) is 94.1 cm³/mol. The molecule has 1 aromatic heterocycles. The summed E-state index contributed by atoms with van der Waals surface area (Å²) in [6.45, 7) is 0.196. The second-order valence-corrected chi connectivity index (χ2v) is 5.75. The molecule has 0 fully saturated rings. The maximum Gasteiger partial charge on any atom is 0.271 e. The van der Waals surface area contributed by atoms with Crippen LogP contribution in [0.3, 0.4) is 0 Å². The van der Waals surface area contributed by atoms with Gasteiger partial charge >= 0.3 is 0 Å². The van der Waals surface area contributed by atoms with E-state index in [1.807, 2.05) is 0 Å². The lowest BCUT2D eigenvalue weighted by Crippen LogP contribution is -2.27. The van der Waals surface area contributed by atoms with Crippen LogP contribution >= 0.6 is 0 Å². The molecule has 2 N–H and O–H groups in total. The molecule has 144 valence electrons. The third kappa shape index (κ3) is 4.43. The fourth-order valence-corrected chi connectivity index (χ4v) is 2.38. The van der Waals surface area contributed by atoms with Crippen LogP contribution in [0.5, 0.6) is 0 Å². The highest BCUT2D eigenvalue weighted by molar-refractivity contribution is 5.92. The molecule has 28 heavy (non-hydrogen) atoms. The number of aromatic nitrogens is 2. The van der Waals surface area contributed by atoms with Gasteiger partial charge in [0.1, 0.15) is 5.82 Å². The van der Waals surface area contributed by atoms with Crippen molar-refractivity contribution in [2.24, 2.45) is 0 Å². The van der Waals surface area contributed by atoms with E-state index < -0.39 is 23.4 Å². The highest BCUT2D eigenvalue weighted by Gasteiger charge is 2.14. The fraction of sp³-hybridized carbons (Fsp3) is 0.105. The van der Waals surface area contributed by atoms with Crippen molar-refractivity contribution < 1.29 is 22.4 Å². The van der Waals surface area contributed by atoms with E-state index in [-0.39, 0.29) is 29.6 Å². The smallest absolute Gasteiger partial charge is 0.271 e. The summed E-state index contributed by atoms with van der Waals surface area (Å²) in [5.41, 5.74) is 0.141. The molecule has 1 heterocycles. The summed E-state index contributed by atoms with van der Waals surface area (Å²) in [6, 6.07) is 10.7. The number of carbonyl (C=O) groups is 1. The van der Waals surface area contributed by atoms with Crippen LogP contribution in [0.15, 0.2) is 48.5 Å². The van der Waals surface area contributed by atoms with Gasteiger partial charge in [0.25, 0.3) is 5.91 Å². The molecule has 1 amide bonds. The van der Waals surface area contributed by atoms with Crippen LogP contribution in [-0.4, -0.2) is 22.6 Å². The minimum absolute atomic E-state index is 0.00941. The summed E-state index contributed by atoms with van der Waals surface area (Å²) < 4.78 is 53.3. The van der Waals surface area contributed by atoms with E-state index in [0.29, 0.717) is 12.0 Å². The molecular formula is C19H14F4N4O. The third-order valence-corrected chi connectivity index (χ3v) is 3.83. The molecule has 0 aliphatic heterocycles. The first-order valence-electron chi connectivity index (χ1n) is 8.21. The molecule has 3 aromatic rings. The first-order valence-corrected chi connectivity index (χ1v) is 8.21. The van der Waals surface area contributed by atoms with Crippen LogP contribution in [0, 0.1) is 23.3 Å². The number of hydrogen-bond acceptors (Lipinski definition) is 4. The Morgan fingerprint density at radius 3 is 2.36 bits per heavy atom. The van der Waals surface area contributed by atoms with E-state index >= 15 is 0 Å². The molecule has 0 atom stereocenters. The number of rotatable bonds is 6. The van der Waals surface area contributed by atoms with Gasteiger partial charge in [0.05, 0.1) is 5.69 Å². The van der Waals surface area contributed by atoms with E-state index in [1.165, 1.54) is 18.2 Å². The fourth-order valence-electron chi connectivity index (χ4n) is 2.38. The third-order valence-electron chi connectivity index (χ3n) is 3.83. The minimum Gasteiger partial charge on any atom is -0.350 e. The van der Waals surface area contributed by atoms with Crippen molar-refractivity contribution in [3.63, 3.8) is 0 Å². The summed E-state index contributed by atoms with van der Waals surface area (Å²) in [4.78, 5) is 12.0. The largest absolute Gasteiger partial charge is 0.350 e. The summed E-state index contributed by atoms with van der Waals surface area (Å²) in [7, 11) is 0. The van der Waals surface area contributed by atoms with Gasteiger partial charge in [-0.3, -0.25) is 4.79 Å². The molecule has 0 spiro atoms. The Hall–Kier alpha value is -3.49. The highest BCUT2D eigenvalue weighted by atomic mass is 19.2. The average molecular weight is 390 g/mol. The van der Waals surface area contributed by atoms with Crippen molar-refractivity contribution >= 4 is 17.4 Å². The van der Waals surface area contributed by atoms with Crippen molar-refractivity contribution in [3.05, 3.63) is 83.1 Å². The van der Waals surface area contributed by atoms with Gasteiger partial charge in [-0.2, -0.15) is 0 Å². The van der Waals surface area contributed by atoms with Crippen LogP contribution in [0.1, 0.15) is 16.1 Å². The van der Waals surface area contributed by atoms with Crippen molar-refractivity contribution in [2.75, 3.05) is 11.9 Å². The second kappa shape index (κ2) is 8.47. The van der Waals surface area contributed by atoms with Crippen molar-refractivity contribution in [1.82, 2.24) is 15.5 Å². The molecule has 0 bridgehead atoms. The summed E-state index contributed by atoms with van der Waals surface area (Å²) in [5.74, 6) is -5.14. The van der Waals surface area contributed by atoms with Gasteiger partial charge in [-0.05, 0) is 42.3 Å². The number of nitrogens with one attached hydrogen (secondary N) is 2. The van der Waals surface area contributed by atoms with Gasteiger partial charge < -0.3 is 10.6 Å². The molecule has 0 saturated carbocycles. The van der Waals surface area contributed by atoms with Crippen molar-refractivity contribution in [1.29, 1.82) is 0 Å². The topological polar surface area (TPSA) is 66.9 Å². The predicted octanol–water partition coefficient (Wildman–Crippen LogP) is 3.75. The Labute approximate surface area is 157 Å². The van der Waals surface area contributed by atoms with E-state index in [9.17, 15) is 22.4 Å². The Kier molecular flexibility index (Phi) is 5.83. The number of carbonyl (C=O) groups excluding carboxylic acids is 1. The Balaban J connectivity index is 1.58. The molecule has 0 radical (unpaired) electrons. The molecule has 0 unspecified atom stereocenters. The molecule has 0 aliphatic carbocycles. The normalized spacial score (nSPS) is 10.6. The van der Waals surface area contributed by atoms with Crippen LogP contribution < -0.4 is 10.6 Å². The Bertz CT molecular complexity index is 996. The highest BCUT2D eigenvalue weighted by Crippen LogP contribution is 2.22. The molecular weight excluding hydrogens is 376 g/mol. The number of hydrogen-bond donors (Lipinski definition) is 2. The van der Waals surface area contributed by atoms with E-state index in [2.05, 4.69) is 20.8 Å². The zero-order chi connectivity index (χ0) is 20.1. The molecule has 5 nitrogen and oxygen atoms in total. The maximum atomic E-state index is 13.6. The summed E-state index contributed by atoms with van der Waals surface area (Å²) >= 11 is 0. The standard InChI is InChI=1S/C19H14F4N4O/c20-12-4-2-1-3-11(12)9-10-24-19(28)15-7-8-16(27-26-15)25-14-6-5-13(21)17(22)18(14)23/h1-8H,9-10H2,(H,24,28)(H,25,27). The van der Waals surface area contributed by atoms with Gasteiger partial charge in [-0.1, -0.05) is 18.2 Å². The van der Waals surface area contributed by atoms with Gasteiger partial charge in [0.15, 0.2) is 29.0 Å². The SMILES string of the molecule is O=C(NCCc1ccccc1F)c1ccc(Nc2ccc(F)c(F)c2F)nn1. The molecule has 3 rings (SSSR count). The first kappa shape index (κ1) is 19.3. The average Bonchev–Trinajstić information content (AvgIpc) is 2.70. The van der Waals surface area contributed by atoms with Crippen molar-refractivity contribution in [3.8, 4) is 0 Å². The van der Waals surface area contributed by atoms with Crippen LogP contribution in [-0.2, 0) is 6.42 Å². The lowest BCUT2D eigenvalue weighted by atomic mass is 10.1. The van der Waals surface area contributed by atoms with Crippen molar-refractivity contribution in [2.45, 2.75) is 6.42 Å². The lowest BCUT2D eigenvalue weighted by molar-refractivity contribution is 0.0948. The van der Waals surface area contributed by atoms with E-state index in [0.717, 1.165) is 12.1 Å². The maximum absolute atomic E-state index is 13.6. The number of nitrogens with zero attached hydrogens (tertiary/aromatic N) is 2. The minimum atomic E-state index is -1.61. The zero-order valence-corrected chi connectivity index (χ0v) is 14.3. The molecule has 2 aromatic carbocycles. The number of halogens is 4. The Morgan fingerprint density at radius 1 is 0.857 bits per heavy atom. The number of anilines is 2. The van der Waals surface area contributed by atoms with E-state index in [4.69, 9.17) is 0 Å². The lowest BCUT2D eigenvalue weighted by Gasteiger charge is -2.08. The molecule has 0 aliphatic rings.